The molecule has 0 saturated carbocycles. The van der Waals surface area contributed by atoms with Gasteiger partial charge in [0.25, 0.3) is 0 Å². The van der Waals surface area contributed by atoms with Crippen molar-refractivity contribution in [3.05, 3.63) is 64.7 Å². The molecule has 0 N–H and O–H groups in total. The van der Waals surface area contributed by atoms with Gasteiger partial charge >= 0.3 is 0 Å². The summed E-state index contributed by atoms with van der Waals surface area (Å²) in [6.07, 6.45) is 3.94. The predicted octanol–water partition coefficient (Wildman–Crippen LogP) is 4.84. The molecule has 1 heterocycles. The van der Waals surface area contributed by atoms with Gasteiger partial charge < -0.3 is 4.74 Å². The second-order valence-electron chi connectivity index (χ2n) is 7.16. The van der Waals surface area contributed by atoms with Gasteiger partial charge in [0, 0.05) is 30.2 Å². The Bertz CT molecular complexity index is 671. The average molecular weight is 373 g/mol. The summed E-state index contributed by atoms with van der Waals surface area (Å²) in [5.74, 6) is 0.966. The molecule has 1 fully saturated rings. The highest BCUT2D eigenvalue weighted by Gasteiger charge is 2.14. The van der Waals surface area contributed by atoms with Gasteiger partial charge in [0.2, 0.25) is 0 Å². The van der Waals surface area contributed by atoms with Crippen molar-refractivity contribution >= 4 is 11.6 Å². The third kappa shape index (κ3) is 6.01. The van der Waals surface area contributed by atoms with Gasteiger partial charge in [0.15, 0.2) is 0 Å². The topological polar surface area (TPSA) is 15.7 Å². The normalized spacial score (nSPS) is 15.3. The first-order chi connectivity index (χ1) is 12.7. The maximum atomic E-state index is 6.23. The van der Waals surface area contributed by atoms with Crippen molar-refractivity contribution in [1.29, 1.82) is 0 Å². The van der Waals surface area contributed by atoms with E-state index in [0.29, 0.717) is 6.61 Å². The Kier molecular flexibility index (Phi) is 7.36. The van der Waals surface area contributed by atoms with E-state index >= 15 is 0 Å². The lowest BCUT2D eigenvalue weighted by atomic mass is 10.1. The van der Waals surface area contributed by atoms with Crippen LogP contribution in [0.2, 0.25) is 5.02 Å². The molecular formula is C22H29ClN2O. The fraction of sp³-hybridized carbons (Fsp3) is 0.455. The molecule has 0 aromatic heterocycles. The molecule has 3 rings (SSSR count). The Morgan fingerprint density at radius 3 is 2.58 bits per heavy atom. The van der Waals surface area contributed by atoms with Gasteiger partial charge in [-0.1, -0.05) is 48.4 Å². The number of likely N-dealkylation sites (tertiary alicyclic amines) is 1. The van der Waals surface area contributed by atoms with Crippen molar-refractivity contribution < 1.29 is 4.74 Å². The van der Waals surface area contributed by atoms with Crippen LogP contribution in [-0.2, 0) is 13.1 Å². The van der Waals surface area contributed by atoms with E-state index in [4.69, 9.17) is 16.3 Å². The molecule has 0 amide bonds. The Morgan fingerprint density at radius 1 is 1.04 bits per heavy atom. The number of benzene rings is 2. The van der Waals surface area contributed by atoms with Crippen molar-refractivity contribution in [2.75, 3.05) is 33.3 Å². The SMILES string of the molecule is CN(CCOc1ccc(Cl)cc1CN1CCCCC1)Cc1ccccc1. The van der Waals surface area contributed by atoms with Crippen LogP contribution in [0.5, 0.6) is 5.75 Å². The Hall–Kier alpha value is -1.55. The molecule has 2 aromatic carbocycles. The first-order valence-corrected chi connectivity index (χ1v) is 9.94. The van der Waals surface area contributed by atoms with Gasteiger partial charge in [-0.2, -0.15) is 0 Å². The van der Waals surface area contributed by atoms with Gasteiger partial charge in [-0.25, -0.2) is 0 Å². The summed E-state index contributed by atoms with van der Waals surface area (Å²) in [6, 6.07) is 16.5. The second kappa shape index (κ2) is 9.96. The molecule has 26 heavy (non-hydrogen) atoms. The van der Waals surface area contributed by atoms with Crippen LogP contribution < -0.4 is 4.74 Å². The van der Waals surface area contributed by atoms with E-state index in [1.54, 1.807) is 0 Å². The zero-order valence-corrected chi connectivity index (χ0v) is 16.4. The van der Waals surface area contributed by atoms with Gasteiger partial charge in [-0.3, -0.25) is 9.80 Å². The van der Waals surface area contributed by atoms with Crippen LogP contribution in [0.25, 0.3) is 0 Å². The molecule has 1 aliphatic rings. The second-order valence-corrected chi connectivity index (χ2v) is 7.60. The molecule has 0 bridgehead atoms. The summed E-state index contributed by atoms with van der Waals surface area (Å²) < 4.78 is 6.12. The fourth-order valence-electron chi connectivity index (χ4n) is 3.46. The molecule has 0 aliphatic carbocycles. The summed E-state index contributed by atoms with van der Waals surface area (Å²) >= 11 is 6.23. The number of halogens is 1. The summed E-state index contributed by atoms with van der Waals surface area (Å²) in [7, 11) is 2.13. The predicted molar refractivity (Wildman–Crippen MR) is 109 cm³/mol. The van der Waals surface area contributed by atoms with E-state index in [0.717, 1.165) is 30.4 Å². The number of piperidine rings is 1. The smallest absolute Gasteiger partial charge is 0.123 e. The lowest BCUT2D eigenvalue weighted by Crippen LogP contribution is -2.29. The number of hydrogen-bond donors (Lipinski definition) is 0. The zero-order valence-electron chi connectivity index (χ0n) is 15.7. The summed E-state index contributed by atoms with van der Waals surface area (Å²) in [5, 5.41) is 0.783. The molecule has 2 aromatic rings. The number of ether oxygens (including phenoxy) is 1. The van der Waals surface area contributed by atoms with E-state index in [9.17, 15) is 0 Å². The number of hydrogen-bond acceptors (Lipinski definition) is 3. The fourth-order valence-corrected chi connectivity index (χ4v) is 3.65. The largest absolute Gasteiger partial charge is 0.492 e. The molecule has 4 heteroatoms. The Morgan fingerprint density at radius 2 is 1.81 bits per heavy atom. The molecule has 0 spiro atoms. The summed E-state index contributed by atoms with van der Waals surface area (Å²) in [5.41, 5.74) is 2.53. The monoisotopic (exact) mass is 372 g/mol. The minimum absolute atomic E-state index is 0.679. The Labute approximate surface area is 162 Å². The van der Waals surface area contributed by atoms with Crippen LogP contribution in [0, 0.1) is 0 Å². The van der Waals surface area contributed by atoms with Crippen LogP contribution in [0.4, 0.5) is 0 Å². The molecule has 3 nitrogen and oxygen atoms in total. The molecule has 0 unspecified atom stereocenters. The third-order valence-electron chi connectivity index (χ3n) is 4.89. The van der Waals surface area contributed by atoms with E-state index in [2.05, 4.69) is 53.2 Å². The highest BCUT2D eigenvalue weighted by Crippen LogP contribution is 2.25. The Balaban J connectivity index is 1.52. The van der Waals surface area contributed by atoms with Crippen LogP contribution >= 0.6 is 11.6 Å². The lowest BCUT2D eigenvalue weighted by molar-refractivity contribution is 0.208. The first-order valence-electron chi connectivity index (χ1n) is 9.57. The van der Waals surface area contributed by atoms with Crippen molar-refractivity contribution in [3.63, 3.8) is 0 Å². The lowest BCUT2D eigenvalue weighted by Gasteiger charge is -2.27. The van der Waals surface area contributed by atoms with Crippen LogP contribution in [-0.4, -0.2) is 43.1 Å². The molecule has 0 atom stereocenters. The van der Waals surface area contributed by atoms with Crippen molar-refractivity contribution in [1.82, 2.24) is 9.80 Å². The summed E-state index contributed by atoms with van der Waals surface area (Å²) in [6.45, 7) is 5.78. The van der Waals surface area contributed by atoms with E-state index in [1.807, 2.05) is 12.1 Å². The van der Waals surface area contributed by atoms with E-state index in [1.165, 1.54) is 43.5 Å². The molecule has 0 radical (unpaired) electrons. The standard InChI is InChI=1S/C22H29ClN2O/c1-24(17-19-8-4-2-5-9-19)14-15-26-22-11-10-21(23)16-20(22)18-25-12-6-3-7-13-25/h2,4-5,8-11,16H,3,6-7,12-15,17-18H2,1H3. The quantitative estimate of drug-likeness (QED) is 0.659. The highest BCUT2D eigenvalue weighted by atomic mass is 35.5. The van der Waals surface area contributed by atoms with Gasteiger partial charge in [0.05, 0.1) is 0 Å². The van der Waals surface area contributed by atoms with Crippen molar-refractivity contribution in [2.24, 2.45) is 0 Å². The molecule has 140 valence electrons. The van der Waals surface area contributed by atoms with E-state index in [-0.39, 0.29) is 0 Å². The van der Waals surface area contributed by atoms with Crippen molar-refractivity contribution in [3.8, 4) is 5.75 Å². The van der Waals surface area contributed by atoms with E-state index < -0.39 is 0 Å². The number of rotatable bonds is 8. The minimum Gasteiger partial charge on any atom is -0.492 e. The summed E-state index contributed by atoms with van der Waals surface area (Å²) in [4.78, 5) is 4.79. The van der Waals surface area contributed by atoms with Gasteiger partial charge in [0.1, 0.15) is 12.4 Å². The third-order valence-corrected chi connectivity index (χ3v) is 5.13. The molecule has 1 saturated heterocycles. The highest BCUT2D eigenvalue weighted by molar-refractivity contribution is 6.30. The minimum atomic E-state index is 0.679. The molecular weight excluding hydrogens is 344 g/mol. The maximum absolute atomic E-state index is 6.23. The van der Waals surface area contributed by atoms with Crippen LogP contribution in [0.1, 0.15) is 30.4 Å². The van der Waals surface area contributed by atoms with Gasteiger partial charge in [-0.05, 0) is 56.7 Å². The first kappa shape index (κ1) is 19.2. The van der Waals surface area contributed by atoms with Gasteiger partial charge in [-0.15, -0.1) is 0 Å². The zero-order chi connectivity index (χ0) is 18.2. The van der Waals surface area contributed by atoms with Crippen LogP contribution in [0.15, 0.2) is 48.5 Å². The number of likely N-dealkylation sites (N-methyl/N-ethyl adjacent to an activating group) is 1. The maximum Gasteiger partial charge on any atom is 0.123 e. The molecule has 1 aliphatic heterocycles. The van der Waals surface area contributed by atoms with Crippen molar-refractivity contribution in [2.45, 2.75) is 32.4 Å². The number of nitrogens with zero attached hydrogens (tertiary/aromatic N) is 2. The van der Waals surface area contributed by atoms with Crippen LogP contribution in [0.3, 0.4) is 0 Å². The average Bonchev–Trinajstić information content (AvgIpc) is 2.65.